The topological polar surface area (TPSA) is 102 Å². The number of aryl methyl sites for hydroxylation is 1. The second kappa shape index (κ2) is 7.11. The molecule has 0 spiro atoms. The molecule has 0 unspecified atom stereocenters. The average Bonchev–Trinajstić information content (AvgIpc) is 2.77. The number of thiophene rings is 1. The molecule has 0 saturated carbocycles. The van der Waals surface area contributed by atoms with Gasteiger partial charge in [0.1, 0.15) is 12.1 Å². The molecule has 0 fully saturated rings. The van der Waals surface area contributed by atoms with Crippen LogP contribution in [-0.4, -0.2) is 30.1 Å². The van der Waals surface area contributed by atoms with E-state index in [1.807, 2.05) is 0 Å². The van der Waals surface area contributed by atoms with Crippen molar-refractivity contribution in [3.63, 3.8) is 0 Å². The first kappa shape index (κ1) is 17.0. The molecule has 1 amide bonds. The van der Waals surface area contributed by atoms with Gasteiger partial charge in [-0.25, -0.2) is 4.79 Å². The zero-order valence-corrected chi connectivity index (χ0v) is 13.2. The van der Waals surface area contributed by atoms with Gasteiger partial charge < -0.3 is 15.7 Å². The highest BCUT2D eigenvalue weighted by atomic mass is 35.5. The fraction of sp³-hybridized carbons (Fsp3) is 0.308. The molecule has 0 aromatic carbocycles. The highest BCUT2D eigenvalue weighted by Gasteiger charge is 2.23. The summed E-state index contributed by atoms with van der Waals surface area (Å²) in [4.78, 5) is 23.2. The lowest BCUT2D eigenvalue weighted by Crippen LogP contribution is -2.40. The fourth-order valence-electron chi connectivity index (χ4n) is 1.56. The van der Waals surface area contributed by atoms with E-state index in [0.29, 0.717) is 9.90 Å². The van der Waals surface area contributed by atoms with Crippen molar-refractivity contribution in [2.75, 3.05) is 7.05 Å². The van der Waals surface area contributed by atoms with Crippen LogP contribution in [0.2, 0.25) is 5.02 Å². The maximum absolute atomic E-state index is 11.6. The molecule has 0 aliphatic rings. The number of carbonyl (C=O) groups is 2. The molecule has 21 heavy (non-hydrogen) atoms. The van der Waals surface area contributed by atoms with Crippen molar-refractivity contribution < 1.29 is 14.7 Å². The number of hydrogen-bond acceptors (Lipinski definition) is 5. The van der Waals surface area contributed by atoms with E-state index in [2.05, 4.69) is 10.6 Å². The minimum absolute atomic E-state index is 0.0456. The second-order valence-electron chi connectivity index (χ2n) is 4.21. The molecule has 6 nitrogen and oxygen atoms in total. The molecule has 1 rings (SSSR count). The van der Waals surface area contributed by atoms with Crippen molar-refractivity contribution >= 4 is 40.5 Å². The standard InChI is InChI=1S/C13H14ClN3O3S/c1-6-5-21-11(9(6)14)10(8(4-15)13(19)20)17-7(2)12(18)16-3/h5,7,17H,1-3H3,(H,16,18)(H,19,20)/t7-/m1/s1. The first-order chi connectivity index (χ1) is 9.83. The first-order valence-electron chi connectivity index (χ1n) is 5.93. The maximum Gasteiger partial charge on any atom is 0.348 e. The van der Waals surface area contributed by atoms with Crippen LogP contribution in [0.1, 0.15) is 17.4 Å². The van der Waals surface area contributed by atoms with E-state index in [1.165, 1.54) is 18.4 Å². The number of carboxylic acids is 1. The molecule has 3 N–H and O–H groups in total. The monoisotopic (exact) mass is 327 g/mol. The van der Waals surface area contributed by atoms with Gasteiger partial charge in [0, 0.05) is 7.05 Å². The smallest absolute Gasteiger partial charge is 0.348 e. The van der Waals surface area contributed by atoms with Crippen molar-refractivity contribution in [1.29, 1.82) is 5.26 Å². The highest BCUT2D eigenvalue weighted by Crippen LogP contribution is 2.33. The van der Waals surface area contributed by atoms with Crippen LogP contribution < -0.4 is 10.6 Å². The number of nitrogens with one attached hydrogen (secondary N) is 2. The van der Waals surface area contributed by atoms with Gasteiger partial charge >= 0.3 is 5.97 Å². The van der Waals surface area contributed by atoms with Gasteiger partial charge in [-0.3, -0.25) is 4.79 Å². The fourth-order valence-corrected chi connectivity index (χ4v) is 2.86. The number of rotatable bonds is 5. The molecule has 0 radical (unpaired) electrons. The van der Waals surface area contributed by atoms with Crippen molar-refractivity contribution in [2.45, 2.75) is 19.9 Å². The number of likely N-dealkylation sites (N-methyl/N-ethyl adjacent to an activating group) is 1. The van der Waals surface area contributed by atoms with Gasteiger partial charge in [0.15, 0.2) is 5.57 Å². The third kappa shape index (κ3) is 3.74. The van der Waals surface area contributed by atoms with Gasteiger partial charge in [-0.05, 0) is 24.8 Å². The summed E-state index contributed by atoms with van der Waals surface area (Å²) in [5.74, 6) is -1.72. The molecule has 1 aromatic rings. The van der Waals surface area contributed by atoms with E-state index in [1.54, 1.807) is 25.3 Å². The molecule has 0 aliphatic carbocycles. The van der Waals surface area contributed by atoms with E-state index in [-0.39, 0.29) is 11.6 Å². The number of aliphatic carboxylic acids is 1. The molecule has 1 atom stereocenters. The van der Waals surface area contributed by atoms with E-state index in [4.69, 9.17) is 22.0 Å². The Bertz CT molecular complexity index is 646. The summed E-state index contributed by atoms with van der Waals surface area (Å²) < 4.78 is 0. The Morgan fingerprint density at radius 2 is 2.14 bits per heavy atom. The van der Waals surface area contributed by atoms with Gasteiger partial charge in [-0.2, -0.15) is 5.26 Å². The largest absolute Gasteiger partial charge is 0.477 e. The summed E-state index contributed by atoms with van der Waals surface area (Å²) in [6.45, 7) is 3.33. The summed E-state index contributed by atoms with van der Waals surface area (Å²) in [7, 11) is 1.47. The molecule has 0 aliphatic heterocycles. The van der Waals surface area contributed by atoms with Crippen molar-refractivity contribution in [2.24, 2.45) is 0 Å². The Morgan fingerprint density at radius 3 is 2.52 bits per heavy atom. The Labute approximate surface area is 131 Å². The predicted molar refractivity (Wildman–Crippen MR) is 80.9 cm³/mol. The van der Waals surface area contributed by atoms with Gasteiger partial charge in [0.05, 0.1) is 15.6 Å². The van der Waals surface area contributed by atoms with Crippen LogP contribution in [-0.2, 0) is 9.59 Å². The van der Waals surface area contributed by atoms with E-state index in [0.717, 1.165) is 5.56 Å². The molecular formula is C13H14ClN3O3S. The number of amides is 1. The highest BCUT2D eigenvalue weighted by molar-refractivity contribution is 7.12. The predicted octanol–water partition coefficient (Wildman–Crippen LogP) is 1.75. The van der Waals surface area contributed by atoms with Crippen molar-refractivity contribution in [3.05, 3.63) is 26.4 Å². The van der Waals surface area contributed by atoms with Crippen LogP contribution in [0.4, 0.5) is 0 Å². The lowest BCUT2D eigenvalue weighted by atomic mass is 10.1. The Kier molecular flexibility index (Phi) is 5.76. The van der Waals surface area contributed by atoms with Crippen LogP contribution in [0.5, 0.6) is 0 Å². The SMILES string of the molecule is CNC(=O)[C@@H](C)NC(=C(C#N)C(=O)O)c1scc(C)c1Cl. The van der Waals surface area contributed by atoms with Crippen LogP contribution in [0.15, 0.2) is 11.0 Å². The van der Waals surface area contributed by atoms with Gasteiger partial charge in [0.25, 0.3) is 0 Å². The van der Waals surface area contributed by atoms with Crippen molar-refractivity contribution in [3.8, 4) is 6.07 Å². The molecule has 112 valence electrons. The van der Waals surface area contributed by atoms with Crippen molar-refractivity contribution in [1.82, 2.24) is 10.6 Å². The van der Waals surface area contributed by atoms with Crippen LogP contribution >= 0.6 is 22.9 Å². The number of hydrogen-bond donors (Lipinski definition) is 3. The lowest BCUT2D eigenvalue weighted by molar-refractivity contribution is -0.132. The number of carboxylic acid groups (broad SMARTS) is 1. The average molecular weight is 328 g/mol. The first-order valence-corrected chi connectivity index (χ1v) is 7.19. The van der Waals surface area contributed by atoms with Gasteiger partial charge in [0.2, 0.25) is 5.91 Å². The number of nitrogens with zero attached hydrogens (tertiary/aromatic N) is 1. The van der Waals surface area contributed by atoms with E-state index >= 15 is 0 Å². The summed E-state index contributed by atoms with van der Waals surface area (Å²) in [6, 6.07) is 0.916. The number of halogens is 1. The molecular weight excluding hydrogens is 314 g/mol. The van der Waals surface area contributed by atoms with Gasteiger partial charge in [-0.1, -0.05) is 11.6 Å². The Hall–Kier alpha value is -2.04. The molecule has 0 saturated heterocycles. The van der Waals surface area contributed by atoms with Crippen LogP contribution in [0.25, 0.3) is 5.70 Å². The number of carbonyl (C=O) groups excluding carboxylic acids is 1. The molecule has 1 heterocycles. The summed E-state index contributed by atoms with van der Waals surface area (Å²) in [5, 5.41) is 25.5. The lowest BCUT2D eigenvalue weighted by Gasteiger charge is -2.17. The number of nitriles is 1. The minimum atomic E-state index is -1.38. The van der Waals surface area contributed by atoms with Crippen LogP contribution in [0.3, 0.4) is 0 Å². The maximum atomic E-state index is 11.6. The van der Waals surface area contributed by atoms with Gasteiger partial charge in [-0.15, -0.1) is 11.3 Å². The second-order valence-corrected chi connectivity index (χ2v) is 5.47. The quantitative estimate of drug-likeness (QED) is 0.565. The normalized spacial score (nSPS) is 12.9. The van der Waals surface area contributed by atoms with E-state index < -0.39 is 17.6 Å². The third-order valence-corrected chi connectivity index (χ3v) is 4.42. The minimum Gasteiger partial charge on any atom is -0.477 e. The molecule has 8 heteroatoms. The Balaban J connectivity index is 3.39. The molecule has 0 bridgehead atoms. The summed E-state index contributed by atoms with van der Waals surface area (Å²) in [5.41, 5.74) is 0.324. The zero-order chi connectivity index (χ0) is 16.2. The summed E-state index contributed by atoms with van der Waals surface area (Å²) >= 11 is 7.35. The molecule has 1 aromatic heterocycles. The Morgan fingerprint density at radius 1 is 1.52 bits per heavy atom. The summed E-state index contributed by atoms with van der Waals surface area (Å²) in [6.07, 6.45) is 0. The van der Waals surface area contributed by atoms with E-state index in [9.17, 15) is 9.59 Å². The van der Waals surface area contributed by atoms with Crippen LogP contribution in [0, 0.1) is 18.3 Å². The third-order valence-electron chi connectivity index (χ3n) is 2.70. The zero-order valence-electron chi connectivity index (χ0n) is 11.7.